The monoisotopic (exact) mass is 498 g/mol. The Kier molecular flexibility index (Phi) is 8.37. The van der Waals surface area contributed by atoms with E-state index in [-0.39, 0.29) is 12.0 Å². The van der Waals surface area contributed by atoms with Gasteiger partial charge in [0.1, 0.15) is 11.2 Å². The fourth-order valence-electron chi connectivity index (χ4n) is 3.44. The highest BCUT2D eigenvalue weighted by Crippen LogP contribution is 2.36. The van der Waals surface area contributed by atoms with Crippen LogP contribution in [0.5, 0.6) is 0 Å². The molecule has 186 valence electrons. The molecule has 3 rings (SSSR count). The van der Waals surface area contributed by atoms with E-state index in [9.17, 15) is 14.4 Å². The standard InChI is InChI=1S/C26H30N2O6S/c1-25(2,3)34-24(31)28-14-19(15-28)9-7-6-8-18-10-12-20(13-11-18)22(29)27-21(23(30)32-4)26(33-5)16-35-17-26/h10-13,19,21H,14-17H2,1-5H3,(H,27,29). The maximum absolute atomic E-state index is 12.7. The van der Waals surface area contributed by atoms with Crippen molar-refractivity contribution >= 4 is 29.7 Å². The summed E-state index contributed by atoms with van der Waals surface area (Å²) in [6, 6.07) is 5.82. The molecule has 0 saturated carbocycles. The van der Waals surface area contributed by atoms with Crippen molar-refractivity contribution in [3.05, 3.63) is 35.4 Å². The molecule has 1 atom stereocenters. The van der Waals surface area contributed by atoms with E-state index in [0.29, 0.717) is 35.7 Å². The number of amides is 2. The third kappa shape index (κ3) is 6.72. The quantitative estimate of drug-likeness (QED) is 0.492. The van der Waals surface area contributed by atoms with Gasteiger partial charge in [-0.25, -0.2) is 9.59 Å². The van der Waals surface area contributed by atoms with Gasteiger partial charge in [0, 0.05) is 42.8 Å². The molecule has 1 unspecified atom stereocenters. The summed E-state index contributed by atoms with van der Waals surface area (Å²) in [5.41, 5.74) is -0.180. The van der Waals surface area contributed by atoms with Crippen molar-refractivity contribution in [1.82, 2.24) is 10.2 Å². The first-order valence-corrected chi connectivity index (χ1v) is 12.3. The predicted octanol–water partition coefficient (Wildman–Crippen LogP) is 2.31. The number of carbonyl (C=O) groups is 3. The molecule has 0 aromatic heterocycles. The van der Waals surface area contributed by atoms with Crippen molar-refractivity contribution < 1.29 is 28.6 Å². The Morgan fingerprint density at radius 2 is 1.77 bits per heavy atom. The number of benzene rings is 1. The zero-order valence-electron chi connectivity index (χ0n) is 20.6. The molecule has 1 aromatic rings. The molecule has 1 N–H and O–H groups in total. The van der Waals surface area contributed by atoms with E-state index in [1.165, 1.54) is 14.2 Å². The molecule has 35 heavy (non-hydrogen) atoms. The second-order valence-corrected chi connectivity index (χ2v) is 10.4. The van der Waals surface area contributed by atoms with Crippen LogP contribution in [0, 0.1) is 29.6 Å². The van der Waals surface area contributed by atoms with E-state index in [4.69, 9.17) is 14.2 Å². The second-order valence-electron chi connectivity index (χ2n) is 9.37. The highest BCUT2D eigenvalue weighted by molar-refractivity contribution is 8.00. The van der Waals surface area contributed by atoms with Gasteiger partial charge in [-0.15, -0.1) is 0 Å². The van der Waals surface area contributed by atoms with Crippen LogP contribution < -0.4 is 5.32 Å². The Labute approximate surface area is 210 Å². The Hall–Kier alpha value is -3.14. The van der Waals surface area contributed by atoms with Crippen LogP contribution in [0.1, 0.15) is 36.7 Å². The van der Waals surface area contributed by atoms with Crippen molar-refractivity contribution in [1.29, 1.82) is 0 Å². The number of hydrogen-bond acceptors (Lipinski definition) is 7. The van der Waals surface area contributed by atoms with Gasteiger partial charge in [-0.3, -0.25) is 4.79 Å². The lowest BCUT2D eigenvalue weighted by Crippen LogP contribution is -2.65. The van der Waals surface area contributed by atoms with Crippen LogP contribution in [0.15, 0.2) is 24.3 Å². The second kappa shape index (κ2) is 11.1. The van der Waals surface area contributed by atoms with Gasteiger partial charge in [0.15, 0.2) is 6.04 Å². The molecule has 2 heterocycles. The molecule has 1 aromatic carbocycles. The molecule has 0 spiro atoms. The van der Waals surface area contributed by atoms with Crippen molar-refractivity contribution in [2.75, 3.05) is 38.8 Å². The lowest BCUT2D eigenvalue weighted by molar-refractivity contribution is -0.150. The van der Waals surface area contributed by atoms with Gasteiger partial charge in [-0.2, -0.15) is 11.8 Å². The molecule has 0 aliphatic carbocycles. The maximum Gasteiger partial charge on any atom is 0.410 e. The summed E-state index contributed by atoms with van der Waals surface area (Å²) in [5.74, 6) is 11.9. The summed E-state index contributed by atoms with van der Waals surface area (Å²) in [5, 5.41) is 2.75. The summed E-state index contributed by atoms with van der Waals surface area (Å²) in [4.78, 5) is 38.6. The molecule has 2 fully saturated rings. The van der Waals surface area contributed by atoms with Gasteiger partial charge in [-0.05, 0) is 56.9 Å². The lowest BCUT2D eigenvalue weighted by Gasteiger charge is -2.44. The fourth-order valence-corrected chi connectivity index (χ4v) is 4.61. The number of nitrogens with zero attached hydrogens (tertiary/aromatic N) is 1. The largest absolute Gasteiger partial charge is 0.467 e. The van der Waals surface area contributed by atoms with E-state index in [0.717, 1.165) is 0 Å². The third-order valence-electron chi connectivity index (χ3n) is 5.56. The van der Waals surface area contributed by atoms with Crippen molar-refractivity contribution in [3.8, 4) is 23.7 Å². The Bertz CT molecular complexity index is 1070. The van der Waals surface area contributed by atoms with E-state index in [1.54, 1.807) is 40.9 Å². The summed E-state index contributed by atoms with van der Waals surface area (Å²) < 4.78 is 15.7. The van der Waals surface area contributed by atoms with Gasteiger partial charge in [-0.1, -0.05) is 11.8 Å². The highest BCUT2D eigenvalue weighted by atomic mass is 32.2. The number of rotatable bonds is 5. The zero-order chi connectivity index (χ0) is 25.6. The SMILES string of the molecule is COC(=O)C(NC(=O)c1ccc(C#CC#CC2CN(C(=O)OC(C)(C)C)C2)cc1)C1(OC)CSC1. The van der Waals surface area contributed by atoms with Gasteiger partial charge >= 0.3 is 12.1 Å². The molecular formula is C26H30N2O6S. The van der Waals surface area contributed by atoms with Crippen molar-refractivity contribution in [2.24, 2.45) is 5.92 Å². The Morgan fingerprint density at radius 3 is 2.29 bits per heavy atom. The number of nitrogens with one attached hydrogen (secondary N) is 1. The lowest BCUT2D eigenvalue weighted by atomic mass is 9.96. The molecule has 2 saturated heterocycles. The number of likely N-dealkylation sites (tertiary alicyclic amines) is 1. The van der Waals surface area contributed by atoms with Crippen LogP contribution in [0.2, 0.25) is 0 Å². The first kappa shape index (κ1) is 26.5. The minimum absolute atomic E-state index is 0.0788. The molecule has 8 nitrogen and oxygen atoms in total. The Morgan fingerprint density at radius 1 is 1.11 bits per heavy atom. The van der Waals surface area contributed by atoms with Crippen molar-refractivity contribution in [3.63, 3.8) is 0 Å². The summed E-state index contributed by atoms with van der Waals surface area (Å²) in [6.07, 6.45) is -0.326. The average molecular weight is 499 g/mol. The number of thioether (sulfide) groups is 1. The summed E-state index contributed by atoms with van der Waals surface area (Å²) in [6.45, 7) is 6.56. The van der Waals surface area contributed by atoms with Gasteiger partial charge in [0.05, 0.1) is 13.0 Å². The molecule has 2 amide bonds. The predicted molar refractivity (Wildman–Crippen MR) is 133 cm³/mol. The highest BCUT2D eigenvalue weighted by Gasteiger charge is 2.50. The van der Waals surface area contributed by atoms with Gasteiger partial charge in [0.2, 0.25) is 0 Å². The maximum atomic E-state index is 12.7. The topological polar surface area (TPSA) is 94.2 Å². The van der Waals surface area contributed by atoms with E-state index < -0.39 is 29.1 Å². The normalized spacial score (nSPS) is 17.2. The van der Waals surface area contributed by atoms with Gasteiger partial charge < -0.3 is 24.4 Å². The first-order chi connectivity index (χ1) is 16.6. The van der Waals surface area contributed by atoms with E-state index in [2.05, 4.69) is 29.0 Å². The van der Waals surface area contributed by atoms with Crippen molar-refractivity contribution in [2.45, 2.75) is 38.0 Å². The first-order valence-electron chi connectivity index (χ1n) is 11.2. The third-order valence-corrected chi connectivity index (χ3v) is 6.95. The van der Waals surface area contributed by atoms with Crippen LogP contribution in [-0.2, 0) is 19.0 Å². The van der Waals surface area contributed by atoms with Crippen LogP contribution in [0.3, 0.4) is 0 Å². The van der Waals surface area contributed by atoms with Gasteiger partial charge in [0.25, 0.3) is 5.91 Å². The minimum Gasteiger partial charge on any atom is -0.467 e. The number of carbonyl (C=O) groups excluding carboxylic acids is 3. The van der Waals surface area contributed by atoms with Crippen LogP contribution >= 0.6 is 11.8 Å². The van der Waals surface area contributed by atoms with Crippen LogP contribution in [0.4, 0.5) is 4.79 Å². The Balaban J connectivity index is 1.53. The molecule has 2 aliphatic rings. The van der Waals surface area contributed by atoms with E-state index in [1.807, 2.05) is 20.8 Å². The smallest absolute Gasteiger partial charge is 0.410 e. The average Bonchev–Trinajstić information content (AvgIpc) is 2.75. The van der Waals surface area contributed by atoms with Crippen LogP contribution in [0.25, 0.3) is 0 Å². The van der Waals surface area contributed by atoms with E-state index >= 15 is 0 Å². The number of hydrogen-bond donors (Lipinski definition) is 1. The molecule has 0 radical (unpaired) electrons. The molecule has 0 bridgehead atoms. The zero-order valence-corrected chi connectivity index (χ0v) is 21.4. The summed E-state index contributed by atoms with van der Waals surface area (Å²) in [7, 11) is 2.81. The summed E-state index contributed by atoms with van der Waals surface area (Å²) >= 11 is 1.64. The number of methoxy groups -OCH3 is 2. The molecule has 9 heteroatoms. The molecule has 2 aliphatic heterocycles. The molecular weight excluding hydrogens is 468 g/mol. The van der Waals surface area contributed by atoms with Crippen LogP contribution in [-0.4, -0.2) is 78.9 Å². The number of ether oxygens (including phenoxy) is 3. The minimum atomic E-state index is -0.890. The fraction of sp³-hybridized carbons (Fsp3) is 0.500. The number of esters is 1.